The number of ether oxygens (including phenoxy) is 1. The van der Waals surface area contributed by atoms with Crippen LogP contribution in [0.25, 0.3) is 0 Å². The Kier molecular flexibility index (Phi) is 8.67. The van der Waals surface area contributed by atoms with E-state index in [1.165, 1.54) is 0 Å². The Morgan fingerprint density at radius 1 is 0.786 bits per heavy atom. The monoisotopic (exact) mass is 374 g/mol. The van der Waals surface area contributed by atoms with Crippen LogP contribution in [-0.4, -0.2) is 17.8 Å². The zero-order valence-electron chi connectivity index (χ0n) is 16.8. The maximum absolute atomic E-state index is 10.3. The van der Waals surface area contributed by atoms with E-state index >= 15 is 0 Å². The predicted octanol–water partition coefficient (Wildman–Crippen LogP) is 5.96. The average molecular weight is 375 g/mol. The Balaban J connectivity index is 0.00000136. The molecule has 1 atom stereocenters. The molecule has 1 N–H and O–H groups in total. The third-order valence-corrected chi connectivity index (χ3v) is 4.47. The fourth-order valence-electron chi connectivity index (χ4n) is 3.25. The fourth-order valence-corrected chi connectivity index (χ4v) is 3.25. The summed E-state index contributed by atoms with van der Waals surface area (Å²) in [6.07, 6.45) is 1.61. The van der Waals surface area contributed by atoms with Crippen molar-refractivity contribution in [3.05, 3.63) is 120 Å². The van der Waals surface area contributed by atoms with Crippen molar-refractivity contribution < 1.29 is 9.84 Å². The number of aliphatic hydroxyl groups is 1. The van der Waals surface area contributed by atoms with Crippen molar-refractivity contribution in [1.82, 2.24) is 0 Å². The van der Waals surface area contributed by atoms with E-state index in [1.807, 2.05) is 68.4 Å². The first-order chi connectivity index (χ1) is 13.8. The quantitative estimate of drug-likeness (QED) is 0.389. The molecule has 0 fully saturated rings. The summed E-state index contributed by atoms with van der Waals surface area (Å²) in [5.74, 6) is 0. The molecule has 0 saturated heterocycles. The molecule has 0 spiro atoms. The van der Waals surface area contributed by atoms with Crippen molar-refractivity contribution >= 4 is 0 Å². The van der Waals surface area contributed by atoms with E-state index in [1.54, 1.807) is 6.08 Å². The molecule has 2 nitrogen and oxygen atoms in total. The van der Waals surface area contributed by atoms with Gasteiger partial charge in [0.1, 0.15) is 5.60 Å². The number of benzene rings is 3. The minimum absolute atomic E-state index is 0.213. The van der Waals surface area contributed by atoms with E-state index in [0.29, 0.717) is 6.42 Å². The van der Waals surface area contributed by atoms with Gasteiger partial charge in [0.25, 0.3) is 0 Å². The summed E-state index contributed by atoms with van der Waals surface area (Å²) in [7, 11) is 0. The average Bonchev–Trinajstić information content (AvgIpc) is 2.78. The number of hydrogen-bond acceptors (Lipinski definition) is 2. The van der Waals surface area contributed by atoms with Crippen molar-refractivity contribution in [3.8, 4) is 0 Å². The number of aliphatic hydroxyl groups excluding tert-OH is 1. The van der Waals surface area contributed by atoms with Crippen LogP contribution in [0.2, 0.25) is 0 Å². The first kappa shape index (κ1) is 21.6. The lowest BCUT2D eigenvalue weighted by Crippen LogP contribution is -2.35. The Hall–Kier alpha value is -2.68. The van der Waals surface area contributed by atoms with Crippen LogP contribution in [0.4, 0.5) is 0 Å². The maximum Gasteiger partial charge on any atom is 0.143 e. The molecule has 1 unspecified atom stereocenters. The smallest absolute Gasteiger partial charge is 0.143 e. The van der Waals surface area contributed by atoms with Crippen LogP contribution in [-0.2, 0) is 10.3 Å². The van der Waals surface area contributed by atoms with E-state index in [4.69, 9.17) is 4.74 Å². The third-order valence-electron chi connectivity index (χ3n) is 4.47. The predicted molar refractivity (Wildman–Crippen MR) is 117 cm³/mol. The molecule has 146 valence electrons. The lowest BCUT2D eigenvalue weighted by Gasteiger charge is -2.36. The molecule has 2 heteroatoms. The second-order valence-electron chi connectivity index (χ2n) is 6.27. The zero-order chi connectivity index (χ0) is 20.2. The molecule has 0 amide bonds. The van der Waals surface area contributed by atoms with Gasteiger partial charge in [-0.15, -0.1) is 6.58 Å². The fraction of sp³-hybridized carbons (Fsp3) is 0.231. The Morgan fingerprint density at radius 3 is 1.46 bits per heavy atom. The molecule has 0 radical (unpaired) electrons. The Morgan fingerprint density at radius 2 is 1.14 bits per heavy atom. The molecule has 3 aromatic rings. The van der Waals surface area contributed by atoms with Gasteiger partial charge < -0.3 is 9.84 Å². The molecular formula is C26H30O2. The first-order valence-corrected chi connectivity index (χ1v) is 9.87. The lowest BCUT2D eigenvalue weighted by molar-refractivity contribution is -0.0368. The Bertz CT molecular complexity index is 701. The summed E-state index contributed by atoms with van der Waals surface area (Å²) in [4.78, 5) is 0. The highest BCUT2D eigenvalue weighted by Crippen LogP contribution is 2.40. The Labute approximate surface area is 169 Å². The van der Waals surface area contributed by atoms with Crippen LogP contribution in [0.15, 0.2) is 104 Å². The van der Waals surface area contributed by atoms with Gasteiger partial charge in [-0.2, -0.15) is 0 Å². The molecule has 3 rings (SSSR count). The van der Waals surface area contributed by atoms with Gasteiger partial charge >= 0.3 is 0 Å². The van der Waals surface area contributed by atoms with E-state index in [9.17, 15) is 5.11 Å². The molecule has 0 bridgehead atoms. The summed E-state index contributed by atoms with van der Waals surface area (Å²) >= 11 is 0. The van der Waals surface area contributed by atoms with E-state index in [2.05, 4.69) is 43.0 Å². The highest BCUT2D eigenvalue weighted by atomic mass is 16.5. The van der Waals surface area contributed by atoms with Gasteiger partial charge in [0.2, 0.25) is 0 Å². The minimum Gasteiger partial charge on any atom is -0.390 e. The molecule has 0 aliphatic carbocycles. The molecule has 0 aromatic heterocycles. The van der Waals surface area contributed by atoms with E-state index in [-0.39, 0.29) is 6.61 Å². The van der Waals surface area contributed by atoms with E-state index in [0.717, 1.165) is 16.7 Å². The van der Waals surface area contributed by atoms with Gasteiger partial charge in [-0.25, -0.2) is 0 Å². The highest BCUT2D eigenvalue weighted by molar-refractivity contribution is 5.47. The van der Waals surface area contributed by atoms with Gasteiger partial charge in [0.05, 0.1) is 12.7 Å². The largest absolute Gasteiger partial charge is 0.390 e. The van der Waals surface area contributed by atoms with Gasteiger partial charge in [-0.1, -0.05) is 111 Å². The molecule has 0 heterocycles. The molecule has 0 saturated carbocycles. The van der Waals surface area contributed by atoms with Gasteiger partial charge in [-0.3, -0.25) is 0 Å². The molecule has 0 aliphatic heterocycles. The summed E-state index contributed by atoms with van der Waals surface area (Å²) in [6, 6.07) is 30.5. The SMILES string of the molecule is C=CCC(O)COC(c1ccccc1)(c1ccccc1)c1ccccc1.CC. The topological polar surface area (TPSA) is 29.5 Å². The van der Waals surface area contributed by atoms with Crippen LogP contribution in [0, 0.1) is 0 Å². The van der Waals surface area contributed by atoms with Gasteiger partial charge in [0.15, 0.2) is 0 Å². The standard InChI is InChI=1S/C24H24O2.C2H6/c1-2-12-23(25)19-26-24(20-13-6-3-7-14-20,21-15-8-4-9-16-21)22-17-10-5-11-18-22;1-2/h2-11,13-18,23,25H,1,12,19H2;1-2H3. The summed E-state index contributed by atoms with van der Waals surface area (Å²) < 4.78 is 6.50. The normalized spacial score (nSPS) is 11.8. The summed E-state index contributed by atoms with van der Waals surface area (Å²) in [5, 5.41) is 10.3. The summed E-state index contributed by atoms with van der Waals surface area (Å²) in [6.45, 7) is 7.92. The van der Waals surface area contributed by atoms with Crippen molar-refractivity contribution in [2.24, 2.45) is 0 Å². The number of rotatable bonds is 8. The van der Waals surface area contributed by atoms with Crippen LogP contribution in [0.1, 0.15) is 37.0 Å². The van der Waals surface area contributed by atoms with Crippen LogP contribution in [0.5, 0.6) is 0 Å². The molecular weight excluding hydrogens is 344 g/mol. The second-order valence-corrected chi connectivity index (χ2v) is 6.27. The lowest BCUT2D eigenvalue weighted by atomic mass is 9.80. The van der Waals surface area contributed by atoms with Crippen LogP contribution in [0.3, 0.4) is 0 Å². The third kappa shape index (κ3) is 4.98. The van der Waals surface area contributed by atoms with Crippen molar-refractivity contribution in [2.75, 3.05) is 6.61 Å². The van der Waals surface area contributed by atoms with Crippen molar-refractivity contribution in [1.29, 1.82) is 0 Å². The van der Waals surface area contributed by atoms with Crippen molar-refractivity contribution in [2.45, 2.75) is 32.0 Å². The van der Waals surface area contributed by atoms with E-state index < -0.39 is 11.7 Å². The minimum atomic E-state index is -0.786. The summed E-state index contributed by atoms with van der Waals surface area (Å²) in [5.41, 5.74) is 2.31. The maximum atomic E-state index is 10.3. The highest BCUT2D eigenvalue weighted by Gasteiger charge is 2.37. The molecule has 3 aromatic carbocycles. The van der Waals surface area contributed by atoms with Gasteiger partial charge in [-0.05, 0) is 23.1 Å². The zero-order valence-corrected chi connectivity index (χ0v) is 16.8. The first-order valence-electron chi connectivity index (χ1n) is 9.87. The molecule has 28 heavy (non-hydrogen) atoms. The van der Waals surface area contributed by atoms with Gasteiger partial charge in [0, 0.05) is 0 Å². The van der Waals surface area contributed by atoms with Crippen LogP contribution < -0.4 is 0 Å². The van der Waals surface area contributed by atoms with Crippen LogP contribution >= 0.6 is 0 Å². The van der Waals surface area contributed by atoms with Crippen molar-refractivity contribution in [3.63, 3.8) is 0 Å². The molecule has 0 aliphatic rings. The second kappa shape index (κ2) is 11.2. The number of hydrogen-bond donors (Lipinski definition) is 1.